The Morgan fingerprint density at radius 3 is 2.17 bits per heavy atom. The molecular weight excluding hydrogens is 248 g/mol. The highest BCUT2D eigenvalue weighted by Crippen LogP contribution is 2.31. The van der Waals surface area contributed by atoms with Crippen LogP contribution in [0.15, 0.2) is 0 Å². The molecule has 0 heterocycles. The lowest BCUT2D eigenvalue weighted by molar-refractivity contribution is 0.108. The van der Waals surface area contributed by atoms with Crippen molar-refractivity contribution in [1.29, 1.82) is 0 Å². The van der Waals surface area contributed by atoms with Crippen molar-refractivity contribution < 1.29 is 8.42 Å². The molecular formula is C13H28N2O2S. The van der Waals surface area contributed by atoms with Crippen molar-refractivity contribution in [2.24, 2.45) is 5.73 Å². The van der Waals surface area contributed by atoms with Crippen molar-refractivity contribution in [2.75, 3.05) is 32.1 Å². The van der Waals surface area contributed by atoms with E-state index in [0.29, 0.717) is 13.0 Å². The van der Waals surface area contributed by atoms with E-state index in [-0.39, 0.29) is 11.3 Å². The molecule has 108 valence electrons. The molecule has 0 aliphatic heterocycles. The van der Waals surface area contributed by atoms with Gasteiger partial charge in [-0.3, -0.25) is 4.90 Å². The van der Waals surface area contributed by atoms with E-state index < -0.39 is 9.84 Å². The predicted molar refractivity (Wildman–Crippen MR) is 76.4 cm³/mol. The lowest BCUT2D eigenvalue weighted by atomic mass is 9.88. The zero-order chi connectivity index (χ0) is 13.6. The van der Waals surface area contributed by atoms with Crippen molar-refractivity contribution in [1.82, 2.24) is 4.90 Å². The van der Waals surface area contributed by atoms with Crippen LogP contribution in [0.2, 0.25) is 0 Å². The minimum Gasteiger partial charge on any atom is -0.329 e. The Bertz CT molecular complexity index is 333. The highest BCUT2D eigenvalue weighted by molar-refractivity contribution is 7.90. The lowest BCUT2D eigenvalue weighted by Gasteiger charge is -2.41. The zero-order valence-electron chi connectivity index (χ0n) is 11.8. The second-order valence-electron chi connectivity index (χ2n) is 5.75. The fourth-order valence-electron chi connectivity index (χ4n) is 2.93. The fraction of sp³-hybridized carbons (Fsp3) is 1.00. The number of sulfone groups is 1. The van der Waals surface area contributed by atoms with E-state index in [1.165, 1.54) is 31.9 Å². The molecule has 1 aliphatic rings. The molecule has 1 fully saturated rings. The van der Waals surface area contributed by atoms with Crippen LogP contribution in [-0.2, 0) is 9.84 Å². The van der Waals surface area contributed by atoms with Gasteiger partial charge in [-0.05, 0) is 32.9 Å². The van der Waals surface area contributed by atoms with Crippen LogP contribution in [-0.4, -0.2) is 51.0 Å². The molecule has 1 saturated carbocycles. The Hall–Kier alpha value is -0.130. The first-order valence-electron chi connectivity index (χ1n) is 6.99. The summed E-state index contributed by atoms with van der Waals surface area (Å²) in [6.07, 6.45) is 9.41. The number of nitrogens with two attached hydrogens (primary N) is 1. The molecule has 5 heteroatoms. The van der Waals surface area contributed by atoms with Crippen LogP contribution < -0.4 is 5.73 Å². The first-order chi connectivity index (χ1) is 8.40. The van der Waals surface area contributed by atoms with Crippen molar-refractivity contribution in [3.8, 4) is 0 Å². The second-order valence-corrected chi connectivity index (χ2v) is 8.01. The first kappa shape index (κ1) is 15.9. The van der Waals surface area contributed by atoms with Crippen molar-refractivity contribution in [3.63, 3.8) is 0 Å². The van der Waals surface area contributed by atoms with Gasteiger partial charge in [-0.2, -0.15) is 0 Å². The zero-order valence-corrected chi connectivity index (χ0v) is 12.6. The summed E-state index contributed by atoms with van der Waals surface area (Å²) < 4.78 is 22.3. The van der Waals surface area contributed by atoms with Crippen LogP contribution in [0.3, 0.4) is 0 Å². The standard InChI is InChI=1S/C13H28N2O2S/c1-15(10-7-11-18(2,16)17)13(12-14)8-5-3-4-6-9-13/h3-12,14H2,1-2H3. The van der Waals surface area contributed by atoms with Gasteiger partial charge in [-0.15, -0.1) is 0 Å². The Kier molecular flexibility index (Phi) is 6.08. The molecule has 0 aromatic carbocycles. The van der Waals surface area contributed by atoms with Gasteiger partial charge in [-0.25, -0.2) is 8.42 Å². The predicted octanol–water partition coefficient (Wildman–Crippen LogP) is 1.40. The van der Waals surface area contributed by atoms with Gasteiger partial charge < -0.3 is 5.73 Å². The average Bonchev–Trinajstić information content (AvgIpc) is 2.53. The Morgan fingerprint density at radius 1 is 1.17 bits per heavy atom. The largest absolute Gasteiger partial charge is 0.329 e. The third-order valence-corrected chi connectivity index (χ3v) is 5.26. The quantitative estimate of drug-likeness (QED) is 0.745. The maximum atomic E-state index is 11.2. The van der Waals surface area contributed by atoms with Crippen LogP contribution in [0, 0.1) is 0 Å². The van der Waals surface area contributed by atoms with Crippen LogP contribution in [0.25, 0.3) is 0 Å². The Balaban J connectivity index is 2.52. The van der Waals surface area contributed by atoms with Gasteiger partial charge >= 0.3 is 0 Å². The third-order valence-electron chi connectivity index (χ3n) is 4.23. The molecule has 0 unspecified atom stereocenters. The molecule has 0 aromatic rings. The molecule has 0 amide bonds. The summed E-state index contributed by atoms with van der Waals surface area (Å²) in [6.45, 7) is 1.51. The van der Waals surface area contributed by atoms with Crippen LogP contribution >= 0.6 is 0 Å². The summed E-state index contributed by atoms with van der Waals surface area (Å²) in [5, 5.41) is 0. The number of hydrogen-bond acceptors (Lipinski definition) is 4. The van der Waals surface area contributed by atoms with E-state index in [2.05, 4.69) is 11.9 Å². The van der Waals surface area contributed by atoms with Gasteiger partial charge in [0, 0.05) is 18.3 Å². The van der Waals surface area contributed by atoms with Crippen molar-refractivity contribution >= 4 is 9.84 Å². The van der Waals surface area contributed by atoms with E-state index in [0.717, 1.165) is 19.4 Å². The van der Waals surface area contributed by atoms with Gasteiger partial charge in [0.2, 0.25) is 0 Å². The van der Waals surface area contributed by atoms with E-state index in [4.69, 9.17) is 5.73 Å². The lowest BCUT2D eigenvalue weighted by Crippen LogP contribution is -2.52. The van der Waals surface area contributed by atoms with Crippen molar-refractivity contribution in [3.05, 3.63) is 0 Å². The molecule has 0 radical (unpaired) electrons. The highest BCUT2D eigenvalue weighted by atomic mass is 32.2. The van der Waals surface area contributed by atoms with E-state index in [9.17, 15) is 8.42 Å². The summed E-state index contributed by atoms with van der Waals surface area (Å²) >= 11 is 0. The molecule has 2 N–H and O–H groups in total. The van der Waals surface area contributed by atoms with E-state index in [1.807, 2.05) is 0 Å². The van der Waals surface area contributed by atoms with Crippen LogP contribution in [0.5, 0.6) is 0 Å². The maximum Gasteiger partial charge on any atom is 0.147 e. The number of rotatable bonds is 6. The molecule has 1 rings (SSSR count). The maximum absolute atomic E-state index is 11.2. The highest BCUT2D eigenvalue weighted by Gasteiger charge is 2.33. The van der Waals surface area contributed by atoms with Gasteiger partial charge in [0.15, 0.2) is 0 Å². The number of hydrogen-bond donors (Lipinski definition) is 1. The second kappa shape index (κ2) is 6.87. The van der Waals surface area contributed by atoms with Crippen LogP contribution in [0.4, 0.5) is 0 Å². The Labute approximate surface area is 112 Å². The van der Waals surface area contributed by atoms with Crippen molar-refractivity contribution in [2.45, 2.75) is 50.5 Å². The average molecular weight is 276 g/mol. The summed E-state index contributed by atoms with van der Waals surface area (Å²) in [5.74, 6) is 0.276. The third kappa shape index (κ3) is 4.86. The van der Waals surface area contributed by atoms with Gasteiger partial charge in [-0.1, -0.05) is 25.7 Å². The molecule has 0 spiro atoms. The van der Waals surface area contributed by atoms with Gasteiger partial charge in [0.1, 0.15) is 9.84 Å². The minimum atomic E-state index is -2.84. The summed E-state index contributed by atoms with van der Waals surface area (Å²) in [4.78, 5) is 2.31. The topological polar surface area (TPSA) is 63.4 Å². The molecule has 0 saturated heterocycles. The molecule has 0 aromatic heterocycles. The molecule has 18 heavy (non-hydrogen) atoms. The summed E-state index contributed by atoms with van der Waals surface area (Å²) in [5.41, 5.74) is 6.11. The van der Waals surface area contributed by atoms with Gasteiger partial charge in [0.05, 0.1) is 5.75 Å². The first-order valence-corrected chi connectivity index (χ1v) is 9.05. The molecule has 1 aliphatic carbocycles. The van der Waals surface area contributed by atoms with E-state index in [1.54, 1.807) is 0 Å². The summed E-state index contributed by atoms with van der Waals surface area (Å²) in [7, 11) is -0.744. The summed E-state index contributed by atoms with van der Waals surface area (Å²) in [6, 6.07) is 0. The SMILES string of the molecule is CN(CCCS(C)(=O)=O)C1(CN)CCCCCC1. The molecule has 4 nitrogen and oxygen atoms in total. The monoisotopic (exact) mass is 276 g/mol. The normalized spacial score (nSPS) is 20.9. The molecule has 0 atom stereocenters. The number of likely N-dealkylation sites (N-methyl/N-ethyl adjacent to an activating group) is 1. The minimum absolute atomic E-state index is 0.105. The number of nitrogens with zero attached hydrogens (tertiary/aromatic N) is 1. The Morgan fingerprint density at radius 2 is 1.72 bits per heavy atom. The van der Waals surface area contributed by atoms with E-state index >= 15 is 0 Å². The van der Waals surface area contributed by atoms with Gasteiger partial charge in [0.25, 0.3) is 0 Å². The smallest absolute Gasteiger partial charge is 0.147 e. The fourth-order valence-corrected chi connectivity index (χ4v) is 3.58. The van der Waals surface area contributed by atoms with Crippen LogP contribution in [0.1, 0.15) is 44.9 Å². The molecule has 0 bridgehead atoms.